The highest BCUT2D eigenvalue weighted by atomic mass is 16.4. The van der Waals surface area contributed by atoms with Crippen molar-refractivity contribution >= 4 is 17.0 Å². The van der Waals surface area contributed by atoms with Crippen LogP contribution in [0.5, 0.6) is 0 Å². The number of carboxylic acid groups (broad SMARTS) is 1. The molecule has 0 aromatic carbocycles. The zero-order valence-electron chi connectivity index (χ0n) is 12.6. The lowest BCUT2D eigenvalue weighted by Crippen LogP contribution is -2.28. The summed E-state index contributed by atoms with van der Waals surface area (Å²) in [4.78, 5) is 20.0. The zero-order chi connectivity index (χ0) is 15.1. The van der Waals surface area contributed by atoms with Crippen molar-refractivity contribution in [3.05, 3.63) is 24.3 Å². The van der Waals surface area contributed by atoms with Gasteiger partial charge in [-0.3, -0.25) is 9.78 Å². The first-order chi connectivity index (χ1) is 9.23. The fourth-order valence-electron chi connectivity index (χ4n) is 2.40. The third kappa shape index (κ3) is 2.40. The van der Waals surface area contributed by atoms with E-state index in [0.717, 1.165) is 16.9 Å². The molecule has 0 amide bonds. The molecule has 5 heteroatoms. The second kappa shape index (κ2) is 4.89. The van der Waals surface area contributed by atoms with Crippen LogP contribution in [-0.4, -0.2) is 25.6 Å². The first-order valence-corrected chi connectivity index (χ1v) is 6.79. The predicted molar refractivity (Wildman–Crippen MR) is 77.7 cm³/mol. The molecule has 1 N–H and O–H groups in total. The Morgan fingerprint density at radius 1 is 1.35 bits per heavy atom. The molecule has 0 bridgehead atoms. The molecule has 2 atom stereocenters. The minimum absolute atomic E-state index is 0.167. The number of hydrogen-bond acceptors (Lipinski definition) is 3. The van der Waals surface area contributed by atoms with Crippen molar-refractivity contribution < 1.29 is 9.90 Å². The molecular weight excluding hydrogens is 254 g/mol. The quantitative estimate of drug-likeness (QED) is 0.935. The van der Waals surface area contributed by atoms with Gasteiger partial charge in [-0.2, -0.15) is 0 Å². The maximum Gasteiger partial charge on any atom is 0.306 e. The molecule has 2 rings (SSSR count). The molecule has 2 aromatic heterocycles. The molecule has 0 saturated carbocycles. The number of imidazole rings is 1. The fraction of sp³-hybridized carbons (Fsp3) is 0.533. The number of pyridine rings is 1. The largest absolute Gasteiger partial charge is 0.481 e. The van der Waals surface area contributed by atoms with Gasteiger partial charge in [-0.1, -0.05) is 13.8 Å². The Balaban J connectivity index is 2.66. The van der Waals surface area contributed by atoms with Gasteiger partial charge in [-0.05, 0) is 26.8 Å². The molecule has 20 heavy (non-hydrogen) atoms. The first kappa shape index (κ1) is 14.5. The summed E-state index contributed by atoms with van der Waals surface area (Å²) in [7, 11) is 0. The summed E-state index contributed by atoms with van der Waals surface area (Å²) in [5.74, 6) is -0.654. The Morgan fingerprint density at radius 2 is 2.00 bits per heavy atom. The average Bonchev–Trinajstić information content (AvgIpc) is 2.75. The molecule has 0 aliphatic carbocycles. The SMILES string of the molecule is CC(C(=O)O)C(C)c1nc2cnccc2n1C(C)(C)C. The molecule has 2 aromatic rings. The summed E-state index contributed by atoms with van der Waals surface area (Å²) in [6.45, 7) is 9.91. The van der Waals surface area contributed by atoms with E-state index in [1.807, 2.05) is 13.0 Å². The average molecular weight is 275 g/mol. The second-order valence-electron chi connectivity index (χ2n) is 6.26. The minimum atomic E-state index is -0.803. The van der Waals surface area contributed by atoms with Crippen LogP contribution in [0.2, 0.25) is 0 Å². The van der Waals surface area contributed by atoms with Crippen molar-refractivity contribution in [1.29, 1.82) is 0 Å². The number of hydrogen-bond donors (Lipinski definition) is 1. The predicted octanol–water partition coefficient (Wildman–Crippen LogP) is 3.01. The van der Waals surface area contributed by atoms with Crippen molar-refractivity contribution in [1.82, 2.24) is 14.5 Å². The normalized spacial score (nSPS) is 15.2. The summed E-state index contributed by atoms with van der Waals surface area (Å²) in [6, 6.07) is 1.93. The van der Waals surface area contributed by atoms with E-state index in [-0.39, 0.29) is 11.5 Å². The molecule has 0 fully saturated rings. The minimum Gasteiger partial charge on any atom is -0.481 e. The third-order valence-electron chi connectivity index (χ3n) is 3.70. The maximum atomic E-state index is 11.2. The fourth-order valence-corrected chi connectivity index (χ4v) is 2.40. The van der Waals surface area contributed by atoms with Gasteiger partial charge in [0.2, 0.25) is 0 Å². The van der Waals surface area contributed by atoms with Crippen molar-refractivity contribution in [2.24, 2.45) is 5.92 Å². The molecule has 0 aliphatic rings. The van der Waals surface area contributed by atoms with E-state index in [4.69, 9.17) is 0 Å². The molecular formula is C15H21N3O2. The van der Waals surface area contributed by atoms with E-state index in [0.29, 0.717) is 0 Å². The van der Waals surface area contributed by atoms with Crippen molar-refractivity contribution in [3.8, 4) is 0 Å². The highest BCUT2D eigenvalue weighted by Crippen LogP contribution is 2.32. The highest BCUT2D eigenvalue weighted by molar-refractivity contribution is 5.76. The number of carboxylic acids is 1. The molecule has 2 heterocycles. The van der Waals surface area contributed by atoms with Gasteiger partial charge in [-0.25, -0.2) is 4.98 Å². The summed E-state index contributed by atoms with van der Waals surface area (Å²) in [5.41, 5.74) is 1.63. The standard InChI is InChI=1S/C15H21N3O2/c1-9(10(2)14(19)20)13-17-11-8-16-7-6-12(11)18(13)15(3,4)5/h6-10H,1-5H3,(H,19,20). The van der Waals surface area contributed by atoms with Gasteiger partial charge in [0.1, 0.15) is 11.3 Å². The van der Waals surface area contributed by atoms with Crippen molar-refractivity contribution in [2.75, 3.05) is 0 Å². The Kier molecular flexibility index (Phi) is 3.54. The molecule has 2 unspecified atom stereocenters. The van der Waals surface area contributed by atoms with Crippen molar-refractivity contribution in [3.63, 3.8) is 0 Å². The molecule has 108 valence electrons. The summed E-state index contributed by atoms with van der Waals surface area (Å²) < 4.78 is 2.12. The van der Waals surface area contributed by atoms with Crippen LogP contribution in [-0.2, 0) is 10.3 Å². The molecule has 0 radical (unpaired) electrons. The van der Waals surface area contributed by atoms with Gasteiger partial charge >= 0.3 is 5.97 Å². The highest BCUT2D eigenvalue weighted by Gasteiger charge is 2.29. The Bertz CT molecular complexity index is 640. The van der Waals surface area contributed by atoms with Gasteiger partial charge in [0.15, 0.2) is 0 Å². The van der Waals surface area contributed by atoms with Crippen LogP contribution < -0.4 is 0 Å². The molecule has 0 saturated heterocycles. The van der Waals surface area contributed by atoms with Gasteiger partial charge in [-0.15, -0.1) is 0 Å². The summed E-state index contributed by atoms with van der Waals surface area (Å²) in [6.07, 6.45) is 3.46. The van der Waals surface area contributed by atoms with Gasteiger partial charge < -0.3 is 9.67 Å². The summed E-state index contributed by atoms with van der Waals surface area (Å²) in [5, 5.41) is 9.23. The first-order valence-electron chi connectivity index (χ1n) is 6.79. The van der Waals surface area contributed by atoms with Crippen LogP contribution in [0.15, 0.2) is 18.5 Å². The van der Waals surface area contributed by atoms with E-state index >= 15 is 0 Å². The van der Waals surface area contributed by atoms with E-state index in [1.54, 1.807) is 19.3 Å². The van der Waals surface area contributed by atoms with Crippen LogP contribution in [0, 0.1) is 5.92 Å². The Morgan fingerprint density at radius 3 is 2.55 bits per heavy atom. The number of rotatable bonds is 3. The van der Waals surface area contributed by atoms with E-state index in [1.165, 1.54) is 0 Å². The van der Waals surface area contributed by atoms with Gasteiger partial charge in [0.25, 0.3) is 0 Å². The number of fused-ring (bicyclic) bond motifs is 1. The monoisotopic (exact) mass is 275 g/mol. The lowest BCUT2D eigenvalue weighted by atomic mass is 9.94. The third-order valence-corrected chi connectivity index (χ3v) is 3.70. The maximum absolute atomic E-state index is 11.2. The zero-order valence-corrected chi connectivity index (χ0v) is 12.6. The number of aliphatic carboxylic acids is 1. The Labute approximate surface area is 118 Å². The van der Waals surface area contributed by atoms with Crippen molar-refractivity contribution in [2.45, 2.75) is 46.1 Å². The molecule has 0 aliphatic heterocycles. The van der Waals surface area contributed by atoms with Crippen LogP contribution in [0.1, 0.15) is 46.4 Å². The topological polar surface area (TPSA) is 68.0 Å². The van der Waals surface area contributed by atoms with Crippen LogP contribution in [0.3, 0.4) is 0 Å². The molecule has 5 nitrogen and oxygen atoms in total. The lowest BCUT2D eigenvalue weighted by molar-refractivity contribution is -0.141. The summed E-state index contributed by atoms with van der Waals surface area (Å²) >= 11 is 0. The Hall–Kier alpha value is -1.91. The van der Waals surface area contributed by atoms with Crippen LogP contribution >= 0.6 is 0 Å². The molecule has 0 spiro atoms. The van der Waals surface area contributed by atoms with Gasteiger partial charge in [0.05, 0.1) is 17.6 Å². The number of carbonyl (C=O) groups is 1. The number of aromatic nitrogens is 3. The van der Waals surface area contributed by atoms with E-state index < -0.39 is 11.9 Å². The second-order valence-corrected chi connectivity index (χ2v) is 6.26. The van der Waals surface area contributed by atoms with E-state index in [2.05, 4.69) is 35.3 Å². The number of nitrogens with zero attached hydrogens (tertiary/aromatic N) is 3. The van der Waals surface area contributed by atoms with Crippen LogP contribution in [0.4, 0.5) is 0 Å². The smallest absolute Gasteiger partial charge is 0.306 e. The van der Waals surface area contributed by atoms with E-state index in [9.17, 15) is 9.90 Å². The van der Waals surface area contributed by atoms with Crippen LogP contribution in [0.25, 0.3) is 11.0 Å². The lowest BCUT2D eigenvalue weighted by Gasteiger charge is -2.27. The van der Waals surface area contributed by atoms with Gasteiger partial charge in [0, 0.05) is 17.7 Å².